The summed E-state index contributed by atoms with van der Waals surface area (Å²) >= 11 is 0. The first-order chi connectivity index (χ1) is 8.29. The van der Waals surface area contributed by atoms with Gasteiger partial charge in [-0.2, -0.15) is 0 Å². The van der Waals surface area contributed by atoms with Crippen LogP contribution in [-0.2, 0) is 13.6 Å². The molecule has 0 radical (unpaired) electrons. The summed E-state index contributed by atoms with van der Waals surface area (Å²) in [6, 6.07) is 0.316. The Morgan fingerprint density at radius 3 is 2.82 bits per heavy atom. The van der Waals surface area contributed by atoms with E-state index in [9.17, 15) is 5.11 Å². The van der Waals surface area contributed by atoms with Crippen molar-refractivity contribution in [2.75, 3.05) is 13.2 Å². The van der Waals surface area contributed by atoms with Crippen LogP contribution in [-0.4, -0.2) is 44.0 Å². The van der Waals surface area contributed by atoms with Crippen LogP contribution >= 0.6 is 0 Å². The molecule has 3 rings (SSSR count). The lowest BCUT2D eigenvalue weighted by Gasteiger charge is -2.21. The molecule has 1 saturated carbocycles. The standard InChI is InChI=1S/C12H20N4O/c1-15-11(13-14-12(15)9-4-5-9)7-16-6-2-3-10(16)8-17/h9-10,17H,2-8H2,1H3/t10-/m0/s1. The summed E-state index contributed by atoms with van der Waals surface area (Å²) in [6.07, 6.45) is 4.80. The number of hydrogen-bond acceptors (Lipinski definition) is 4. The van der Waals surface area contributed by atoms with Gasteiger partial charge >= 0.3 is 0 Å². The Balaban J connectivity index is 1.71. The molecule has 1 aliphatic carbocycles. The third-order valence-corrected chi connectivity index (χ3v) is 4.00. The lowest BCUT2D eigenvalue weighted by Crippen LogP contribution is -2.32. The quantitative estimate of drug-likeness (QED) is 0.834. The fourth-order valence-electron chi connectivity index (χ4n) is 2.70. The fraction of sp³-hybridized carbons (Fsp3) is 0.833. The van der Waals surface area contributed by atoms with E-state index in [0.717, 1.165) is 31.2 Å². The van der Waals surface area contributed by atoms with E-state index in [4.69, 9.17) is 0 Å². The van der Waals surface area contributed by atoms with Gasteiger partial charge in [0.2, 0.25) is 0 Å². The van der Waals surface area contributed by atoms with Crippen molar-refractivity contribution in [3.05, 3.63) is 11.6 Å². The van der Waals surface area contributed by atoms with Crippen molar-refractivity contribution in [1.82, 2.24) is 19.7 Å². The highest BCUT2D eigenvalue weighted by molar-refractivity contribution is 5.08. The summed E-state index contributed by atoms with van der Waals surface area (Å²) < 4.78 is 2.14. The minimum Gasteiger partial charge on any atom is -0.395 e. The number of likely N-dealkylation sites (tertiary alicyclic amines) is 1. The molecule has 2 fully saturated rings. The summed E-state index contributed by atoms with van der Waals surface area (Å²) in [5.74, 6) is 2.82. The Labute approximate surface area is 101 Å². The number of hydrogen-bond donors (Lipinski definition) is 1. The maximum Gasteiger partial charge on any atom is 0.146 e. The van der Waals surface area contributed by atoms with Crippen molar-refractivity contribution >= 4 is 0 Å². The van der Waals surface area contributed by atoms with Gasteiger partial charge in [-0.25, -0.2) is 0 Å². The monoisotopic (exact) mass is 236 g/mol. The van der Waals surface area contributed by atoms with Crippen molar-refractivity contribution in [3.8, 4) is 0 Å². The SMILES string of the molecule is Cn1c(CN2CCC[C@H]2CO)nnc1C1CC1. The second-order valence-electron chi connectivity index (χ2n) is 5.26. The molecule has 1 aromatic heterocycles. The van der Waals surface area contributed by atoms with Crippen LogP contribution in [0.5, 0.6) is 0 Å². The minimum absolute atomic E-state index is 0.257. The molecule has 0 amide bonds. The van der Waals surface area contributed by atoms with Crippen LogP contribution in [0.1, 0.15) is 43.3 Å². The maximum absolute atomic E-state index is 9.30. The Kier molecular flexibility index (Phi) is 2.88. The van der Waals surface area contributed by atoms with Gasteiger partial charge in [0.05, 0.1) is 13.2 Å². The molecular weight excluding hydrogens is 216 g/mol. The molecular formula is C12H20N4O. The zero-order chi connectivity index (χ0) is 11.8. The number of aromatic nitrogens is 3. The molecule has 0 bridgehead atoms. The van der Waals surface area contributed by atoms with Gasteiger partial charge in [0.15, 0.2) is 0 Å². The van der Waals surface area contributed by atoms with Gasteiger partial charge < -0.3 is 9.67 Å². The van der Waals surface area contributed by atoms with Crippen LogP contribution in [0.15, 0.2) is 0 Å². The normalized spacial score (nSPS) is 25.6. The molecule has 1 saturated heterocycles. The summed E-state index contributed by atoms with van der Waals surface area (Å²) in [7, 11) is 2.06. The Morgan fingerprint density at radius 1 is 1.29 bits per heavy atom. The molecule has 0 unspecified atom stereocenters. The first-order valence-corrected chi connectivity index (χ1v) is 6.52. The average molecular weight is 236 g/mol. The van der Waals surface area contributed by atoms with E-state index in [1.165, 1.54) is 19.3 Å². The van der Waals surface area contributed by atoms with Gasteiger partial charge in [-0.05, 0) is 32.2 Å². The minimum atomic E-state index is 0.257. The first kappa shape index (κ1) is 11.2. The summed E-state index contributed by atoms with van der Waals surface area (Å²) in [5.41, 5.74) is 0. The van der Waals surface area contributed by atoms with E-state index in [0.29, 0.717) is 12.0 Å². The highest BCUT2D eigenvalue weighted by Gasteiger charge is 2.30. The second kappa shape index (κ2) is 4.38. The Bertz CT molecular complexity index is 399. The van der Waals surface area contributed by atoms with Crippen LogP contribution < -0.4 is 0 Å². The van der Waals surface area contributed by atoms with Gasteiger partial charge in [-0.15, -0.1) is 10.2 Å². The molecule has 0 spiro atoms. The first-order valence-electron chi connectivity index (χ1n) is 6.52. The summed E-state index contributed by atoms with van der Waals surface area (Å²) in [6.45, 7) is 2.14. The Hall–Kier alpha value is -0.940. The molecule has 1 atom stereocenters. The molecule has 2 aliphatic rings. The molecule has 1 N–H and O–H groups in total. The van der Waals surface area contributed by atoms with Crippen molar-refractivity contribution in [3.63, 3.8) is 0 Å². The van der Waals surface area contributed by atoms with Crippen molar-refractivity contribution < 1.29 is 5.11 Å². The van der Waals surface area contributed by atoms with E-state index in [2.05, 4.69) is 26.7 Å². The van der Waals surface area contributed by atoms with Gasteiger partial charge in [-0.3, -0.25) is 4.90 Å². The highest BCUT2D eigenvalue weighted by Crippen LogP contribution is 2.38. The molecule has 17 heavy (non-hydrogen) atoms. The summed E-state index contributed by atoms with van der Waals surface area (Å²) in [5, 5.41) is 17.9. The van der Waals surface area contributed by atoms with Gasteiger partial charge in [0.1, 0.15) is 11.6 Å². The molecule has 1 aliphatic heterocycles. The van der Waals surface area contributed by atoms with Crippen LogP contribution in [0.3, 0.4) is 0 Å². The molecule has 0 aromatic carbocycles. The number of rotatable bonds is 4. The highest BCUT2D eigenvalue weighted by atomic mass is 16.3. The predicted molar refractivity (Wildman–Crippen MR) is 63.5 cm³/mol. The van der Waals surface area contributed by atoms with Gasteiger partial charge in [0, 0.05) is 19.0 Å². The Morgan fingerprint density at radius 2 is 2.12 bits per heavy atom. The average Bonchev–Trinajstić information content (AvgIpc) is 2.97. The predicted octanol–water partition coefficient (Wildman–Crippen LogP) is 0.649. The number of aliphatic hydroxyl groups excluding tert-OH is 1. The smallest absolute Gasteiger partial charge is 0.146 e. The zero-order valence-electron chi connectivity index (χ0n) is 10.3. The third kappa shape index (κ3) is 2.09. The van der Waals surface area contributed by atoms with E-state index in [1.807, 2.05) is 0 Å². The van der Waals surface area contributed by atoms with E-state index >= 15 is 0 Å². The fourth-order valence-corrected chi connectivity index (χ4v) is 2.70. The largest absolute Gasteiger partial charge is 0.395 e. The molecule has 5 heteroatoms. The van der Waals surface area contributed by atoms with Crippen molar-refractivity contribution in [2.45, 2.75) is 44.2 Å². The number of nitrogens with zero attached hydrogens (tertiary/aromatic N) is 4. The van der Waals surface area contributed by atoms with E-state index in [-0.39, 0.29) is 6.61 Å². The number of aliphatic hydroxyl groups is 1. The van der Waals surface area contributed by atoms with Gasteiger partial charge in [0.25, 0.3) is 0 Å². The molecule has 1 aromatic rings. The second-order valence-corrected chi connectivity index (χ2v) is 5.26. The molecule has 5 nitrogen and oxygen atoms in total. The summed E-state index contributed by atoms with van der Waals surface area (Å²) in [4.78, 5) is 2.32. The van der Waals surface area contributed by atoms with Crippen LogP contribution in [0, 0.1) is 0 Å². The van der Waals surface area contributed by atoms with E-state index < -0.39 is 0 Å². The van der Waals surface area contributed by atoms with E-state index in [1.54, 1.807) is 0 Å². The lowest BCUT2D eigenvalue weighted by atomic mass is 10.2. The lowest BCUT2D eigenvalue weighted by molar-refractivity contribution is 0.150. The van der Waals surface area contributed by atoms with Crippen LogP contribution in [0.25, 0.3) is 0 Å². The topological polar surface area (TPSA) is 54.2 Å². The third-order valence-electron chi connectivity index (χ3n) is 4.00. The molecule has 2 heterocycles. The maximum atomic E-state index is 9.30. The van der Waals surface area contributed by atoms with Gasteiger partial charge in [-0.1, -0.05) is 0 Å². The van der Waals surface area contributed by atoms with Crippen molar-refractivity contribution in [1.29, 1.82) is 0 Å². The van der Waals surface area contributed by atoms with Crippen molar-refractivity contribution in [2.24, 2.45) is 7.05 Å². The molecule has 94 valence electrons. The van der Waals surface area contributed by atoms with Crippen LogP contribution in [0.4, 0.5) is 0 Å². The zero-order valence-corrected chi connectivity index (χ0v) is 10.3. The van der Waals surface area contributed by atoms with Crippen LogP contribution in [0.2, 0.25) is 0 Å².